The second kappa shape index (κ2) is 3.70. The highest BCUT2D eigenvalue weighted by molar-refractivity contribution is 5.75. The quantitative estimate of drug-likeness (QED) is 0.573. The fourth-order valence-corrected chi connectivity index (χ4v) is 1.64. The Hall–Kier alpha value is -0.850. The Morgan fingerprint density at radius 2 is 2.17 bits per heavy atom. The van der Waals surface area contributed by atoms with Crippen LogP contribution in [0.1, 0.15) is 27.2 Å². The minimum atomic E-state index is 0.437. The molecule has 0 spiro atoms. The number of allylic oxidation sites excluding steroid dienone is 4. The Labute approximate surface area is 74.2 Å². The van der Waals surface area contributed by atoms with E-state index in [4.69, 9.17) is 0 Å². The maximum absolute atomic E-state index is 10.7. The number of carbonyl (C=O) groups excluding carboxylic acids is 1. The number of rotatable bonds is 2. The minimum Gasteiger partial charge on any atom is -0.298 e. The van der Waals surface area contributed by atoms with Crippen LogP contribution < -0.4 is 0 Å². The molecule has 0 saturated carbocycles. The highest BCUT2D eigenvalue weighted by Crippen LogP contribution is 2.29. The van der Waals surface area contributed by atoms with Gasteiger partial charge in [0.15, 0.2) is 0 Å². The van der Waals surface area contributed by atoms with Gasteiger partial charge in [-0.2, -0.15) is 0 Å². The average Bonchev–Trinajstić information content (AvgIpc) is 2.04. The molecule has 1 aliphatic carbocycles. The molecular weight excluding hydrogens is 148 g/mol. The fraction of sp³-hybridized carbons (Fsp3) is 0.545. The lowest BCUT2D eigenvalue weighted by molar-refractivity contribution is -0.105. The Kier molecular flexibility index (Phi) is 2.85. The van der Waals surface area contributed by atoms with Crippen LogP contribution in [0.3, 0.4) is 0 Å². The van der Waals surface area contributed by atoms with E-state index < -0.39 is 0 Å². The summed E-state index contributed by atoms with van der Waals surface area (Å²) in [4.78, 5) is 10.7. The first kappa shape index (κ1) is 9.24. The SMILES string of the molecule is CC1=CC=C(C=O)[C@@H](C(C)C)C1. The van der Waals surface area contributed by atoms with Crippen molar-refractivity contribution in [2.45, 2.75) is 27.2 Å². The normalized spacial score (nSPS) is 23.5. The number of hydrogen-bond donors (Lipinski definition) is 0. The van der Waals surface area contributed by atoms with Gasteiger partial charge in [-0.05, 0) is 30.8 Å². The van der Waals surface area contributed by atoms with E-state index in [1.165, 1.54) is 5.57 Å². The Bertz CT molecular complexity index is 233. The number of hydrogen-bond acceptors (Lipinski definition) is 1. The van der Waals surface area contributed by atoms with E-state index in [1.54, 1.807) is 0 Å². The van der Waals surface area contributed by atoms with Crippen molar-refractivity contribution < 1.29 is 4.79 Å². The first-order chi connectivity index (χ1) is 5.65. The molecular formula is C11H16O. The van der Waals surface area contributed by atoms with E-state index in [0.29, 0.717) is 11.8 Å². The van der Waals surface area contributed by atoms with Crippen molar-refractivity contribution in [3.05, 3.63) is 23.3 Å². The molecule has 1 heteroatoms. The van der Waals surface area contributed by atoms with Crippen molar-refractivity contribution in [2.75, 3.05) is 0 Å². The molecule has 0 aromatic heterocycles. The summed E-state index contributed by atoms with van der Waals surface area (Å²) in [5, 5.41) is 0. The van der Waals surface area contributed by atoms with E-state index in [2.05, 4.69) is 20.8 Å². The highest BCUT2D eigenvalue weighted by atomic mass is 16.1. The van der Waals surface area contributed by atoms with E-state index in [0.717, 1.165) is 18.3 Å². The molecule has 0 unspecified atom stereocenters. The second-order valence-electron chi connectivity index (χ2n) is 3.85. The monoisotopic (exact) mass is 164 g/mol. The second-order valence-corrected chi connectivity index (χ2v) is 3.85. The lowest BCUT2D eigenvalue weighted by Gasteiger charge is -2.23. The van der Waals surface area contributed by atoms with Gasteiger partial charge < -0.3 is 0 Å². The maximum Gasteiger partial charge on any atom is 0.146 e. The Morgan fingerprint density at radius 3 is 2.67 bits per heavy atom. The molecule has 0 bridgehead atoms. The molecule has 0 fully saturated rings. The van der Waals surface area contributed by atoms with Gasteiger partial charge in [0.25, 0.3) is 0 Å². The van der Waals surface area contributed by atoms with Gasteiger partial charge in [0, 0.05) is 0 Å². The molecule has 0 radical (unpaired) electrons. The lowest BCUT2D eigenvalue weighted by Crippen LogP contribution is -2.15. The third-order valence-corrected chi connectivity index (χ3v) is 2.47. The smallest absolute Gasteiger partial charge is 0.146 e. The van der Waals surface area contributed by atoms with E-state index in [1.807, 2.05) is 12.2 Å². The largest absolute Gasteiger partial charge is 0.298 e. The van der Waals surface area contributed by atoms with Crippen LogP contribution in [0.4, 0.5) is 0 Å². The van der Waals surface area contributed by atoms with Crippen molar-refractivity contribution in [2.24, 2.45) is 11.8 Å². The van der Waals surface area contributed by atoms with Gasteiger partial charge in [-0.15, -0.1) is 0 Å². The molecule has 0 N–H and O–H groups in total. The third-order valence-electron chi connectivity index (χ3n) is 2.47. The summed E-state index contributed by atoms with van der Waals surface area (Å²) in [7, 11) is 0. The minimum absolute atomic E-state index is 0.437. The molecule has 0 aromatic carbocycles. The summed E-state index contributed by atoms with van der Waals surface area (Å²) in [6, 6.07) is 0. The van der Waals surface area contributed by atoms with Gasteiger partial charge in [0.1, 0.15) is 6.29 Å². The van der Waals surface area contributed by atoms with E-state index in [-0.39, 0.29) is 0 Å². The molecule has 12 heavy (non-hydrogen) atoms. The van der Waals surface area contributed by atoms with E-state index in [9.17, 15) is 4.79 Å². The molecule has 1 atom stereocenters. The predicted octanol–water partition coefficient (Wildman–Crippen LogP) is 2.73. The van der Waals surface area contributed by atoms with Crippen LogP contribution in [0.25, 0.3) is 0 Å². The van der Waals surface area contributed by atoms with Gasteiger partial charge in [-0.25, -0.2) is 0 Å². The van der Waals surface area contributed by atoms with Crippen LogP contribution in [0.2, 0.25) is 0 Å². The van der Waals surface area contributed by atoms with Gasteiger partial charge in [-0.1, -0.05) is 31.6 Å². The zero-order chi connectivity index (χ0) is 9.14. The van der Waals surface area contributed by atoms with Crippen molar-refractivity contribution in [1.29, 1.82) is 0 Å². The van der Waals surface area contributed by atoms with Crippen LogP contribution >= 0.6 is 0 Å². The van der Waals surface area contributed by atoms with Crippen molar-refractivity contribution >= 4 is 6.29 Å². The van der Waals surface area contributed by atoms with Crippen molar-refractivity contribution in [1.82, 2.24) is 0 Å². The molecule has 0 aromatic rings. The van der Waals surface area contributed by atoms with Crippen LogP contribution in [-0.4, -0.2) is 6.29 Å². The van der Waals surface area contributed by atoms with Crippen LogP contribution in [-0.2, 0) is 4.79 Å². The van der Waals surface area contributed by atoms with E-state index >= 15 is 0 Å². The number of aldehydes is 1. The topological polar surface area (TPSA) is 17.1 Å². The molecule has 0 heterocycles. The van der Waals surface area contributed by atoms with Gasteiger partial charge in [0.05, 0.1) is 0 Å². The summed E-state index contributed by atoms with van der Waals surface area (Å²) in [6.07, 6.45) is 6.04. The van der Waals surface area contributed by atoms with Gasteiger partial charge in [-0.3, -0.25) is 4.79 Å². The molecule has 0 aliphatic heterocycles. The highest BCUT2D eigenvalue weighted by Gasteiger charge is 2.20. The molecule has 1 rings (SSSR count). The fourth-order valence-electron chi connectivity index (χ4n) is 1.64. The summed E-state index contributed by atoms with van der Waals surface area (Å²) >= 11 is 0. The van der Waals surface area contributed by atoms with Crippen LogP contribution in [0.15, 0.2) is 23.3 Å². The summed E-state index contributed by atoms with van der Waals surface area (Å²) in [6.45, 7) is 6.45. The molecule has 1 nitrogen and oxygen atoms in total. The molecule has 0 amide bonds. The first-order valence-corrected chi connectivity index (χ1v) is 4.47. The van der Waals surface area contributed by atoms with Crippen molar-refractivity contribution in [3.63, 3.8) is 0 Å². The van der Waals surface area contributed by atoms with Crippen molar-refractivity contribution in [3.8, 4) is 0 Å². The number of carbonyl (C=O) groups is 1. The average molecular weight is 164 g/mol. The summed E-state index contributed by atoms with van der Waals surface area (Å²) in [5.74, 6) is 0.998. The molecule has 1 aliphatic rings. The van der Waals surface area contributed by atoms with Gasteiger partial charge in [0.2, 0.25) is 0 Å². The Balaban J connectivity index is 2.84. The van der Waals surface area contributed by atoms with Gasteiger partial charge >= 0.3 is 0 Å². The van der Waals surface area contributed by atoms with Crippen LogP contribution in [0.5, 0.6) is 0 Å². The summed E-state index contributed by atoms with van der Waals surface area (Å²) in [5.41, 5.74) is 2.33. The van der Waals surface area contributed by atoms with Crippen LogP contribution in [0, 0.1) is 11.8 Å². The zero-order valence-electron chi connectivity index (χ0n) is 8.00. The zero-order valence-corrected chi connectivity index (χ0v) is 8.00. The first-order valence-electron chi connectivity index (χ1n) is 4.47. The molecule has 66 valence electrons. The predicted molar refractivity (Wildman–Crippen MR) is 50.8 cm³/mol. The standard InChI is InChI=1S/C11H16O/c1-8(2)11-6-9(3)4-5-10(11)7-12/h4-5,7-8,11H,6H2,1-3H3/t11-/m1/s1. The lowest BCUT2D eigenvalue weighted by atomic mass is 9.81. The Morgan fingerprint density at radius 1 is 1.50 bits per heavy atom. The summed E-state index contributed by atoms with van der Waals surface area (Å²) < 4.78 is 0. The molecule has 0 saturated heterocycles. The maximum atomic E-state index is 10.7. The third kappa shape index (κ3) is 1.84.